The first-order chi connectivity index (χ1) is 10.2. The molecule has 1 aliphatic rings. The van der Waals surface area contributed by atoms with Gasteiger partial charge in [0.15, 0.2) is 0 Å². The van der Waals surface area contributed by atoms with Gasteiger partial charge in [-0.25, -0.2) is 0 Å². The van der Waals surface area contributed by atoms with Crippen molar-refractivity contribution in [3.8, 4) is 0 Å². The Bertz CT molecular complexity index is 656. The maximum Gasteiger partial charge on any atom is 0.266 e. The second-order valence-corrected chi connectivity index (χ2v) is 5.25. The van der Waals surface area contributed by atoms with Gasteiger partial charge in [-0.2, -0.15) is 4.80 Å². The van der Waals surface area contributed by atoms with Crippen LogP contribution >= 0.6 is 0 Å². The minimum atomic E-state index is 0.682. The zero-order chi connectivity index (χ0) is 14.8. The van der Waals surface area contributed by atoms with E-state index in [4.69, 9.17) is 0 Å². The molecule has 1 aliphatic heterocycles. The zero-order valence-electron chi connectivity index (χ0n) is 12.6. The Morgan fingerprint density at radius 3 is 2.71 bits per heavy atom. The van der Waals surface area contributed by atoms with Gasteiger partial charge in [0.2, 0.25) is 0 Å². The van der Waals surface area contributed by atoms with Gasteiger partial charge >= 0.3 is 0 Å². The third-order valence-corrected chi connectivity index (χ3v) is 3.72. The highest BCUT2D eigenvalue weighted by molar-refractivity contribution is 5.70. The summed E-state index contributed by atoms with van der Waals surface area (Å²) >= 11 is 0. The summed E-state index contributed by atoms with van der Waals surface area (Å²) < 4.78 is 0. The van der Waals surface area contributed by atoms with E-state index in [1.165, 1.54) is 11.1 Å². The van der Waals surface area contributed by atoms with Crippen molar-refractivity contribution in [3.63, 3.8) is 0 Å². The number of nitrogens with zero attached hydrogens (tertiary/aromatic N) is 7. The monoisotopic (exact) mass is 285 g/mol. The molecule has 110 valence electrons. The fourth-order valence-corrected chi connectivity index (χ4v) is 2.37. The van der Waals surface area contributed by atoms with Crippen molar-refractivity contribution >= 4 is 11.5 Å². The predicted molar refractivity (Wildman–Crippen MR) is 79.7 cm³/mol. The molecule has 0 N–H and O–H groups in total. The number of aryl methyl sites for hydroxylation is 2. The number of rotatable bonds is 3. The van der Waals surface area contributed by atoms with Crippen molar-refractivity contribution in [2.45, 2.75) is 33.7 Å². The van der Waals surface area contributed by atoms with Crippen molar-refractivity contribution in [2.75, 3.05) is 18.0 Å². The molecule has 7 heteroatoms. The Morgan fingerprint density at radius 1 is 1.19 bits per heavy atom. The lowest BCUT2D eigenvalue weighted by atomic mass is 9.99. The molecule has 0 amide bonds. The third-order valence-electron chi connectivity index (χ3n) is 3.72. The fourth-order valence-electron chi connectivity index (χ4n) is 2.37. The summed E-state index contributed by atoms with van der Waals surface area (Å²) in [6.07, 6.45) is 4.62. The average Bonchev–Trinajstić information content (AvgIpc) is 2.98. The van der Waals surface area contributed by atoms with Crippen LogP contribution in [0.25, 0.3) is 5.57 Å². The lowest BCUT2D eigenvalue weighted by molar-refractivity contribution is 0.551. The van der Waals surface area contributed by atoms with E-state index in [2.05, 4.69) is 37.2 Å². The zero-order valence-corrected chi connectivity index (χ0v) is 12.6. The van der Waals surface area contributed by atoms with Crippen LogP contribution in [0, 0.1) is 6.92 Å². The number of tetrazole rings is 1. The number of hydrogen-bond donors (Lipinski definition) is 0. The largest absolute Gasteiger partial charge is 0.333 e. The molecule has 0 unspecified atom stereocenters. The number of aromatic nitrogens is 6. The van der Waals surface area contributed by atoms with Gasteiger partial charge in [0.05, 0.1) is 24.1 Å². The molecule has 0 aromatic carbocycles. The van der Waals surface area contributed by atoms with Crippen molar-refractivity contribution < 1.29 is 0 Å². The third kappa shape index (κ3) is 2.76. The molecule has 0 atom stereocenters. The highest BCUT2D eigenvalue weighted by atomic mass is 15.6. The molecular formula is C14H19N7. The molecule has 3 rings (SSSR count). The van der Waals surface area contributed by atoms with Crippen molar-refractivity contribution in [1.82, 2.24) is 30.2 Å². The summed E-state index contributed by atoms with van der Waals surface area (Å²) in [7, 11) is 0. The minimum Gasteiger partial charge on any atom is -0.333 e. The molecule has 3 heterocycles. The summed E-state index contributed by atoms with van der Waals surface area (Å²) in [5.41, 5.74) is 4.43. The quantitative estimate of drug-likeness (QED) is 0.850. The Morgan fingerprint density at radius 2 is 2.05 bits per heavy atom. The highest BCUT2D eigenvalue weighted by Gasteiger charge is 2.22. The van der Waals surface area contributed by atoms with Gasteiger partial charge in [0, 0.05) is 19.3 Å². The summed E-state index contributed by atoms with van der Waals surface area (Å²) in [4.78, 5) is 12.6. The lowest BCUT2D eigenvalue weighted by Gasteiger charge is -2.28. The maximum atomic E-state index is 4.49. The fraction of sp³-hybridized carbons (Fsp3) is 0.500. The first-order valence-corrected chi connectivity index (χ1v) is 7.17. The molecule has 2 aromatic heterocycles. The van der Waals surface area contributed by atoms with Gasteiger partial charge in [-0.05, 0) is 38.0 Å². The van der Waals surface area contributed by atoms with Gasteiger partial charge in [-0.1, -0.05) is 10.7 Å². The Hall–Kier alpha value is -2.31. The molecule has 0 bridgehead atoms. The summed E-state index contributed by atoms with van der Waals surface area (Å²) in [5.74, 6) is 0.682. The van der Waals surface area contributed by atoms with Crippen LogP contribution in [0.15, 0.2) is 18.0 Å². The molecule has 21 heavy (non-hydrogen) atoms. The van der Waals surface area contributed by atoms with E-state index in [0.717, 1.165) is 37.4 Å². The second kappa shape index (κ2) is 5.59. The summed E-state index contributed by atoms with van der Waals surface area (Å²) in [6, 6.07) is 0. The highest BCUT2D eigenvalue weighted by Crippen LogP contribution is 2.26. The topological polar surface area (TPSA) is 72.6 Å². The van der Waals surface area contributed by atoms with Gasteiger partial charge < -0.3 is 4.90 Å². The van der Waals surface area contributed by atoms with Crippen LogP contribution in [0.1, 0.15) is 31.7 Å². The van der Waals surface area contributed by atoms with E-state index >= 15 is 0 Å². The van der Waals surface area contributed by atoms with Crippen LogP contribution in [0.3, 0.4) is 0 Å². The number of hydrogen-bond acceptors (Lipinski definition) is 6. The maximum absolute atomic E-state index is 4.49. The first kappa shape index (κ1) is 13.7. The standard InChI is InChI=1S/C14H19N7/c1-4-21-18-14(17-19-21)20-6-5-10(2)12(9-20)13-8-15-11(3)7-16-13/h7-8H,4-6,9H2,1-3H3. The normalized spacial score (nSPS) is 15.7. The van der Waals surface area contributed by atoms with Gasteiger partial charge in [-0.15, -0.1) is 5.10 Å². The number of anilines is 1. The minimum absolute atomic E-state index is 0.682. The molecule has 0 saturated heterocycles. The van der Waals surface area contributed by atoms with Crippen LogP contribution in [-0.4, -0.2) is 43.3 Å². The van der Waals surface area contributed by atoms with E-state index in [-0.39, 0.29) is 0 Å². The molecular weight excluding hydrogens is 266 g/mol. The van der Waals surface area contributed by atoms with E-state index in [0.29, 0.717) is 5.95 Å². The first-order valence-electron chi connectivity index (χ1n) is 7.17. The molecule has 0 saturated carbocycles. The molecule has 0 aliphatic carbocycles. The molecule has 0 radical (unpaired) electrons. The van der Waals surface area contributed by atoms with E-state index < -0.39 is 0 Å². The van der Waals surface area contributed by atoms with Crippen LogP contribution in [-0.2, 0) is 6.54 Å². The van der Waals surface area contributed by atoms with E-state index in [9.17, 15) is 0 Å². The SMILES string of the molecule is CCn1nnc(N2CCC(C)=C(c3cnc(C)cn3)C2)n1. The average molecular weight is 285 g/mol. The Labute approximate surface area is 123 Å². The van der Waals surface area contributed by atoms with E-state index in [1.807, 2.05) is 20.0 Å². The van der Waals surface area contributed by atoms with Gasteiger partial charge in [-0.3, -0.25) is 9.97 Å². The van der Waals surface area contributed by atoms with Crippen LogP contribution in [0.4, 0.5) is 5.95 Å². The molecule has 0 spiro atoms. The summed E-state index contributed by atoms with van der Waals surface area (Å²) in [6.45, 7) is 8.48. The summed E-state index contributed by atoms with van der Waals surface area (Å²) in [5, 5.41) is 12.5. The molecule has 7 nitrogen and oxygen atoms in total. The van der Waals surface area contributed by atoms with E-state index in [1.54, 1.807) is 11.0 Å². The van der Waals surface area contributed by atoms with Crippen molar-refractivity contribution in [3.05, 3.63) is 29.4 Å². The van der Waals surface area contributed by atoms with Gasteiger partial charge in [0.25, 0.3) is 5.95 Å². The smallest absolute Gasteiger partial charge is 0.266 e. The lowest BCUT2D eigenvalue weighted by Crippen LogP contribution is -2.32. The van der Waals surface area contributed by atoms with Crippen LogP contribution < -0.4 is 4.90 Å². The predicted octanol–water partition coefficient (Wildman–Crippen LogP) is 1.48. The second-order valence-electron chi connectivity index (χ2n) is 5.25. The van der Waals surface area contributed by atoms with Crippen molar-refractivity contribution in [1.29, 1.82) is 0 Å². The molecule has 2 aromatic rings. The molecule has 0 fully saturated rings. The Kier molecular flexibility index (Phi) is 3.64. The van der Waals surface area contributed by atoms with Crippen LogP contribution in [0.2, 0.25) is 0 Å². The Balaban J connectivity index is 1.85. The van der Waals surface area contributed by atoms with Crippen molar-refractivity contribution in [2.24, 2.45) is 0 Å². The van der Waals surface area contributed by atoms with Crippen LogP contribution in [0.5, 0.6) is 0 Å². The van der Waals surface area contributed by atoms with Gasteiger partial charge in [0.1, 0.15) is 0 Å².